The first-order valence-electron chi connectivity index (χ1n) is 5.26. The highest BCUT2D eigenvalue weighted by Gasteiger charge is 2.15. The molecule has 0 bridgehead atoms. The van der Waals surface area contributed by atoms with Crippen LogP contribution in [0.2, 0.25) is 5.22 Å². The number of carbonyl (C=O) groups is 1. The lowest BCUT2D eigenvalue weighted by molar-refractivity contribution is -0.0521. The fourth-order valence-corrected chi connectivity index (χ4v) is 1.62. The second-order valence-corrected chi connectivity index (χ2v) is 3.93. The van der Waals surface area contributed by atoms with Crippen LogP contribution >= 0.6 is 11.6 Å². The lowest BCUT2D eigenvalue weighted by atomic mass is 10.2. The predicted molar refractivity (Wildman–Crippen MR) is 64.7 cm³/mol. The topological polar surface area (TPSA) is 51.5 Å². The summed E-state index contributed by atoms with van der Waals surface area (Å²) in [5.41, 5.74) is 0.131. The largest absolute Gasteiger partial charge is 0.452 e. The molecular weight excluding hydrogens is 299 g/mol. The number of benzene rings is 1. The Kier molecular flexibility index (Phi) is 4.19. The van der Waals surface area contributed by atoms with E-state index in [1.54, 1.807) is 0 Å². The molecule has 4 nitrogen and oxygen atoms in total. The molecule has 20 heavy (non-hydrogen) atoms. The van der Waals surface area contributed by atoms with E-state index in [4.69, 9.17) is 16.0 Å². The SMILES string of the molecule is O=C(Nc1ccc(OC(F)F)c(F)c1)c1ccoc1Cl. The van der Waals surface area contributed by atoms with Gasteiger partial charge in [-0.3, -0.25) is 4.79 Å². The van der Waals surface area contributed by atoms with Gasteiger partial charge in [0.1, 0.15) is 0 Å². The number of ether oxygens (including phenoxy) is 1. The van der Waals surface area contributed by atoms with Gasteiger partial charge in [0, 0.05) is 11.8 Å². The van der Waals surface area contributed by atoms with Gasteiger partial charge in [0.2, 0.25) is 5.22 Å². The first-order valence-corrected chi connectivity index (χ1v) is 5.64. The van der Waals surface area contributed by atoms with Crippen LogP contribution in [0.1, 0.15) is 10.4 Å². The molecule has 0 fully saturated rings. The molecule has 1 aromatic heterocycles. The third-order valence-electron chi connectivity index (χ3n) is 2.27. The third-order valence-corrected chi connectivity index (χ3v) is 2.56. The number of hydrogen-bond acceptors (Lipinski definition) is 3. The Bertz CT molecular complexity index is 630. The summed E-state index contributed by atoms with van der Waals surface area (Å²) in [5, 5.41) is 2.23. The predicted octanol–water partition coefficient (Wildman–Crippen LogP) is 3.93. The summed E-state index contributed by atoms with van der Waals surface area (Å²) in [6.07, 6.45) is 1.22. The number of hydrogen-bond donors (Lipinski definition) is 1. The highest BCUT2D eigenvalue weighted by Crippen LogP contribution is 2.24. The van der Waals surface area contributed by atoms with Gasteiger partial charge in [-0.2, -0.15) is 8.78 Å². The Labute approximate surface area is 116 Å². The summed E-state index contributed by atoms with van der Waals surface area (Å²) >= 11 is 5.61. The molecular formula is C12H7ClF3NO3. The van der Waals surface area contributed by atoms with E-state index in [0.717, 1.165) is 12.1 Å². The molecule has 0 unspecified atom stereocenters. The Balaban J connectivity index is 2.13. The van der Waals surface area contributed by atoms with Gasteiger partial charge >= 0.3 is 6.61 Å². The van der Waals surface area contributed by atoms with Crippen molar-refractivity contribution in [3.63, 3.8) is 0 Å². The van der Waals surface area contributed by atoms with Crippen molar-refractivity contribution in [2.75, 3.05) is 5.32 Å². The first-order chi connectivity index (χ1) is 9.47. The Hall–Kier alpha value is -2.15. The van der Waals surface area contributed by atoms with Gasteiger partial charge in [0.25, 0.3) is 5.91 Å². The van der Waals surface area contributed by atoms with Crippen molar-refractivity contribution in [1.29, 1.82) is 0 Å². The Morgan fingerprint density at radius 1 is 1.35 bits per heavy atom. The lowest BCUT2D eigenvalue weighted by Gasteiger charge is -2.08. The molecule has 0 radical (unpaired) electrons. The molecule has 0 aliphatic carbocycles. The van der Waals surface area contributed by atoms with Gasteiger partial charge in [-0.15, -0.1) is 0 Å². The number of nitrogens with one attached hydrogen (secondary N) is 1. The van der Waals surface area contributed by atoms with Crippen molar-refractivity contribution in [2.24, 2.45) is 0 Å². The van der Waals surface area contributed by atoms with Crippen LogP contribution in [0.4, 0.5) is 18.9 Å². The first kappa shape index (κ1) is 14.3. The number of carbonyl (C=O) groups excluding carboxylic acids is 1. The van der Waals surface area contributed by atoms with E-state index in [2.05, 4.69) is 10.1 Å². The van der Waals surface area contributed by atoms with Gasteiger partial charge in [-0.25, -0.2) is 4.39 Å². The van der Waals surface area contributed by atoms with Crippen LogP contribution in [-0.4, -0.2) is 12.5 Å². The van der Waals surface area contributed by atoms with Gasteiger partial charge in [0.15, 0.2) is 11.6 Å². The molecule has 1 heterocycles. The van der Waals surface area contributed by atoms with Crippen LogP contribution in [0.5, 0.6) is 5.75 Å². The van der Waals surface area contributed by atoms with E-state index in [-0.39, 0.29) is 16.5 Å². The maximum absolute atomic E-state index is 13.4. The van der Waals surface area contributed by atoms with Crippen molar-refractivity contribution in [3.05, 3.63) is 47.1 Å². The van der Waals surface area contributed by atoms with Gasteiger partial charge in [-0.1, -0.05) is 0 Å². The minimum Gasteiger partial charge on any atom is -0.452 e. The summed E-state index contributed by atoms with van der Waals surface area (Å²) in [7, 11) is 0. The molecule has 1 aromatic carbocycles. The van der Waals surface area contributed by atoms with Crippen molar-refractivity contribution < 1.29 is 27.1 Å². The normalized spacial score (nSPS) is 10.7. The minimum atomic E-state index is -3.13. The molecule has 0 spiro atoms. The summed E-state index contributed by atoms with van der Waals surface area (Å²) in [5.74, 6) is -2.26. The number of anilines is 1. The quantitative estimate of drug-likeness (QED) is 0.931. The number of alkyl halides is 2. The Morgan fingerprint density at radius 2 is 2.10 bits per heavy atom. The molecule has 8 heteroatoms. The molecule has 1 amide bonds. The number of furan rings is 1. The van der Waals surface area contributed by atoms with Crippen LogP contribution < -0.4 is 10.1 Å². The highest BCUT2D eigenvalue weighted by molar-refractivity contribution is 6.32. The van der Waals surface area contributed by atoms with Gasteiger partial charge in [0.05, 0.1) is 11.8 Å². The molecule has 0 aliphatic rings. The number of amides is 1. The van der Waals surface area contributed by atoms with E-state index in [1.807, 2.05) is 0 Å². The van der Waals surface area contributed by atoms with Crippen LogP contribution in [0.3, 0.4) is 0 Å². The van der Waals surface area contributed by atoms with E-state index in [0.29, 0.717) is 0 Å². The van der Waals surface area contributed by atoms with Gasteiger partial charge in [-0.05, 0) is 29.8 Å². The molecule has 0 saturated heterocycles. The zero-order valence-corrected chi connectivity index (χ0v) is 10.5. The summed E-state index contributed by atoms with van der Waals surface area (Å²) < 4.78 is 46.0. The highest BCUT2D eigenvalue weighted by atomic mass is 35.5. The van der Waals surface area contributed by atoms with Gasteiger partial charge < -0.3 is 14.5 Å². The maximum atomic E-state index is 13.4. The van der Waals surface area contributed by atoms with E-state index in [9.17, 15) is 18.0 Å². The lowest BCUT2D eigenvalue weighted by Crippen LogP contribution is -2.12. The second kappa shape index (κ2) is 5.87. The zero-order chi connectivity index (χ0) is 14.7. The average molecular weight is 306 g/mol. The Morgan fingerprint density at radius 3 is 2.65 bits per heavy atom. The van der Waals surface area contributed by atoms with E-state index < -0.39 is 24.1 Å². The molecule has 106 valence electrons. The number of halogens is 4. The van der Waals surface area contributed by atoms with E-state index in [1.165, 1.54) is 18.4 Å². The summed E-state index contributed by atoms with van der Waals surface area (Å²) in [6, 6.07) is 4.38. The number of rotatable bonds is 4. The monoisotopic (exact) mass is 305 g/mol. The minimum absolute atomic E-state index is 0.0615. The van der Waals surface area contributed by atoms with Crippen LogP contribution in [0.25, 0.3) is 0 Å². The van der Waals surface area contributed by atoms with Crippen LogP contribution in [0, 0.1) is 5.82 Å². The third kappa shape index (κ3) is 3.24. The van der Waals surface area contributed by atoms with Crippen LogP contribution in [0.15, 0.2) is 34.9 Å². The summed E-state index contributed by atoms with van der Waals surface area (Å²) in [6.45, 7) is -3.13. The molecule has 0 aliphatic heterocycles. The van der Waals surface area contributed by atoms with E-state index >= 15 is 0 Å². The standard InChI is InChI=1S/C12H7ClF3NO3/c13-10-7(3-4-19-10)11(18)17-6-1-2-9(8(14)5-6)20-12(15)16/h1-5,12H,(H,17,18). The van der Waals surface area contributed by atoms with Crippen molar-refractivity contribution in [3.8, 4) is 5.75 Å². The molecule has 0 saturated carbocycles. The fraction of sp³-hybridized carbons (Fsp3) is 0.0833. The maximum Gasteiger partial charge on any atom is 0.387 e. The summed E-state index contributed by atoms with van der Waals surface area (Å²) in [4.78, 5) is 11.7. The smallest absolute Gasteiger partial charge is 0.387 e. The van der Waals surface area contributed by atoms with Crippen LogP contribution in [-0.2, 0) is 0 Å². The molecule has 0 atom stereocenters. The van der Waals surface area contributed by atoms with Crippen molar-refractivity contribution in [2.45, 2.75) is 6.61 Å². The molecule has 2 rings (SSSR count). The molecule has 1 N–H and O–H groups in total. The van der Waals surface area contributed by atoms with Crippen molar-refractivity contribution in [1.82, 2.24) is 0 Å². The molecule has 2 aromatic rings. The average Bonchev–Trinajstić information content (AvgIpc) is 2.78. The second-order valence-electron chi connectivity index (χ2n) is 3.59. The fourth-order valence-electron chi connectivity index (χ4n) is 1.42. The zero-order valence-electron chi connectivity index (χ0n) is 9.70. The van der Waals surface area contributed by atoms with Crippen molar-refractivity contribution >= 4 is 23.2 Å².